The van der Waals surface area contributed by atoms with Crippen molar-refractivity contribution in [2.24, 2.45) is 5.41 Å². The van der Waals surface area contributed by atoms with Gasteiger partial charge in [0, 0.05) is 24.6 Å². The quantitative estimate of drug-likeness (QED) is 0.640. The number of methoxy groups -OCH3 is 1. The van der Waals surface area contributed by atoms with Crippen molar-refractivity contribution in [3.8, 4) is 11.5 Å². The van der Waals surface area contributed by atoms with Gasteiger partial charge >= 0.3 is 0 Å². The molecule has 0 bridgehead atoms. The van der Waals surface area contributed by atoms with Crippen LogP contribution in [-0.4, -0.2) is 25.4 Å². The maximum Gasteiger partial charge on any atom is 0.224 e. The molecule has 1 unspecified atom stereocenters. The number of allylic oxidation sites excluding steroid dienone is 1. The highest BCUT2D eigenvalue weighted by Gasteiger charge is 2.42. The van der Waals surface area contributed by atoms with Crippen LogP contribution in [0, 0.1) is 5.41 Å². The van der Waals surface area contributed by atoms with Crippen molar-refractivity contribution in [2.45, 2.75) is 53.0 Å². The van der Waals surface area contributed by atoms with Crippen LogP contribution in [0.15, 0.2) is 53.7 Å². The lowest BCUT2D eigenvalue weighted by Gasteiger charge is -2.37. The molecule has 0 saturated carbocycles. The van der Waals surface area contributed by atoms with Gasteiger partial charge in [-0.2, -0.15) is 0 Å². The molecule has 1 N–H and O–H groups in total. The standard InChI is InChI=1S/C27H32N2O4/c1-6-13-33-23-12-11-18(14-24(23)32-5)26-25-20(15-27(3,4)16-22(25)31)28-19-9-7-8-10-21(19)29(26)17(2)30/h7-12,14,26,28H,6,13,15-16H2,1-5H3. The van der Waals surface area contributed by atoms with Crippen molar-refractivity contribution in [1.82, 2.24) is 0 Å². The summed E-state index contributed by atoms with van der Waals surface area (Å²) >= 11 is 0. The van der Waals surface area contributed by atoms with Gasteiger partial charge in [0.2, 0.25) is 5.91 Å². The lowest BCUT2D eigenvalue weighted by Crippen LogP contribution is -2.38. The van der Waals surface area contributed by atoms with Gasteiger partial charge in [0.25, 0.3) is 0 Å². The number of carbonyl (C=O) groups is 2. The Morgan fingerprint density at radius 3 is 2.61 bits per heavy atom. The maximum atomic E-state index is 13.6. The minimum Gasteiger partial charge on any atom is -0.493 e. The van der Waals surface area contributed by atoms with Gasteiger partial charge in [0.05, 0.1) is 31.1 Å². The first-order chi connectivity index (χ1) is 15.8. The number of ketones is 1. The Balaban J connectivity index is 1.94. The number of para-hydroxylation sites is 2. The molecule has 1 aliphatic heterocycles. The van der Waals surface area contributed by atoms with E-state index in [-0.39, 0.29) is 17.1 Å². The van der Waals surface area contributed by atoms with Crippen LogP contribution in [0.2, 0.25) is 0 Å². The minimum absolute atomic E-state index is 0.0584. The van der Waals surface area contributed by atoms with E-state index in [1.54, 1.807) is 18.9 Å². The van der Waals surface area contributed by atoms with E-state index in [0.717, 1.165) is 35.5 Å². The van der Waals surface area contributed by atoms with Gasteiger partial charge in [-0.3, -0.25) is 14.5 Å². The third-order valence-corrected chi connectivity index (χ3v) is 6.21. The molecule has 1 aliphatic carbocycles. The number of carbonyl (C=O) groups excluding carboxylic acids is 2. The van der Waals surface area contributed by atoms with Crippen molar-refractivity contribution in [1.29, 1.82) is 0 Å². The van der Waals surface area contributed by atoms with E-state index in [2.05, 4.69) is 19.2 Å². The van der Waals surface area contributed by atoms with E-state index in [1.165, 1.54) is 0 Å². The Hall–Kier alpha value is -3.28. The van der Waals surface area contributed by atoms with E-state index >= 15 is 0 Å². The molecular weight excluding hydrogens is 416 g/mol. The van der Waals surface area contributed by atoms with Crippen LogP contribution < -0.4 is 19.7 Å². The smallest absolute Gasteiger partial charge is 0.224 e. The third kappa shape index (κ3) is 4.34. The SMILES string of the molecule is CCCOc1ccc(C2C3=C(CC(C)(C)CC3=O)Nc3ccccc3N2C(C)=O)cc1OC. The normalized spacial score (nSPS) is 19.2. The highest BCUT2D eigenvalue weighted by molar-refractivity contribution is 6.05. The van der Waals surface area contributed by atoms with Gasteiger partial charge in [-0.1, -0.05) is 39.0 Å². The number of rotatable bonds is 5. The van der Waals surface area contributed by atoms with E-state index in [9.17, 15) is 9.59 Å². The average molecular weight is 449 g/mol. The van der Waals surface area contributed by atoms with Gasteiger partial charge in [-0.05, 0) is 48.1 Å². The summed E-state index contributed by atoms with van der Waals surface area (Å²) in [5.41, 5.74) is 3.74. The highest BCUT2D eigenvalue weighted by Crippen LogP contribution is 2.49. The molecule has 2 aromatic rings. The Kier molecular flexibility index (Phi) is 6.19. The summed E-state index contributed by atoms with van der Waals surface area (Å²) in [7, 11) is 1.60. The predicted molar refractivity (Wildman–Crippen MR) is 130 cm³/mol. The Morgan fingerprint density at radius 1 is 1.15 bits per heavy atom. The molecule has 174 valence electrons. The van der Waals surface area contributed by atoms with Crippen LogP contribution in [0.4, 0.5) is 11.4 Å². The van der Waals surface area contributed by atoms with Gasteiger partial charge in [-0.25, -0.2) is 0 Å². The zero-order valence-corrected chi connectivity index (χ0v) is 20.0. The van der Waals surface area contributed by atoms with E-state index < -0.39 is 6.04 Å². The first-order valence-electron chi connectivity index (χ1n) is 11.5. The molecule has 4 rings (SSSR count). The average Bonchev–Trinajstić information content (AvgIpc) is 2.91. The molecule has 0 spiro atoms. The Labute approximate surface area is 195 Å². The fourth-order valence-electron chi connectivity index (χ4n) is 4.84. The number of hydrogen-bond acceptors (Lipinski definition) is 5. The summed E-state index contributed by atoms with van der Waals surface area (Å²) in [5.74, 6) is 1.16. The van der Waals surface area contributed by atoms with Gasteiger partial charge < -0.3 is 14.8 Å². The first-order valence-corrected chi connectivity index (χ1v) is 11.5. The summed E-state index contributed by atoms with van der Waals surface area (Å²) < 4.78 is 11.5. The van der Waals surface area contributed by atoms with Crippen molar-refractivity contribution < 1.29 is 19.1 Å². The van der Waals surface area contributed by atoms with Gasteiger partial charge in [0.15, 0.2) is 17.3 Å². The van der Waals surface area contributed by atoms with Gasteiger partial charge in [-0.15, -0.1) is 0 Å². The molecule has 2 aliphatic rings. The summed E-state index contributed by atoms with van der Waals surface area (Å²) in [6.07, 6.45) is 2.04. The molecule has 1 amide bonds. The molecule has 0 radical (unpaired) electrons. The lowest BCUT2D eigenvalue weighted by molar-refractivity contribution is -0.118. The maximum absolute atomic E-state index is 13.6. The summed E-state index contributed by atoms with van der Waals surface area (Å²) in [6, 6.07) is 12.8. The number of ether oxygens (including phenoxy) is 2. The van der Waals surface area contributed by atoms with Gasteiger partial charge in [0.1, 0.15) is 0 Å². The number of fused-ring (bicyclic) bond motifs is 1. The zero-order valence-electron chi connectivity index (χ0n) is 20.0. The number of hydrogen-bond donors (Lipinski definition) is 1. The van der Waals surface area contributed by atoms with Crippen molar-refractivity contribution >= 4 is 23.1 Å². The molecular formula is C27H32N2O4. The molecule has 0 saturated heterocycles. The molecule has 0 aromatic heterocycles. The first kappa shape index (κ1) is 22.9. The monoisotopic (exact) mass is 448 g/mol. The van der Waals surface area contributed by atoms with Crippen molar-refractivity contribution in [2.75, 3.05) is 23.9 Å². The molecule has 0 fully saturated rings. The van der Waals surface area contributed by atoms with E-state index in [0.29, 0.717) is 30.1 Å². The second-order valence-corrected chi connectivity index (χ2v) is 9.53. The second kappa shape index (κ2) is 8.93. The highest BCUT2D eigenvalue weighted by atomic mass is 16.5. The number of anilines is 2. The largest absolute Gasteiger partial charge is 0.493 e. The second-order valence-electron chi connectivity index (χ2n) is 9.53. The summed E-state index contributed by atoms with van der Waals surface area (Å²) in [6.45, 7) is 8.38. The van der Waals surface area contributed by atoms with Crippen LogP contribution in [0.1, 0.15) is 58.6 Å². The number of benzene rings is 2. The molecule has 1 heterocycles. The summed E-state index contributed by atoms with van der Waals surface area (Å²) in [5, 5.41) is 3.51. The fraction of sp³-hybridized carbons (Fsp3) is 0.407. The fourth-order valence-corrected chi connectivity index (χ4v) is 4.84. The van der Waals surface area contributed by atoms with E-state index in [4.69, 9.17) is 9.47 Å². The Morgan fingerprint density at radius 2 is 1.91 bits per heavy atom. The molecule has 6 heteroatoms. The van der Waals surface area contributed by atoms with Crippen LogP contribution in [-0.2, 0) is 9.59 Å². The number of nitrogens with zero attached hydrogens (tertiary/aromatic N) is 1. The van der Waals surface area contributed by atoms with Crippen molar-refractivity contribution in [3.63, 3.8) is 0 Å². The molecule has 33 heavy (non-hydrogen) atoms. The number of amides is 1. The van der Waals surface area contributed by atoms with Crippen molar-refractivity contribution in [3.05, 3.63) is 59.3 Å². The number of nitrogens with one attached hydrogen (secondary N) is 1. The number of Topliss-reactive ketones (excluding diaryl/α,β-unsaturated/α-hetero) is 1. The zero-order chi connectivity index (χ0) is 23.8. The Bertz CT molecular complexity index is 1120. The van der Waals surface area contributed by atoms with E-state index in [1.807, 2.05) is 49.4 Å². The summed E-state index contributed by atoms with van der Waals surface area (Å²) in [4.78, 5) is 28.4. The predicted octanol–water partition coefficient (Wildman–Crippen LogP) is 5.65. The van der Waals surface area contributed by atoms with Crippen LogP contribution in [0.3, 0.4) is 0 Å². The minimum atomic E-state index is -0.564. The van der Waals surface area contributed by atoms with Crippen LogP contribution in [0.5, 0.6) is 11.5 Å². The van der Waals surface area contributed by atoms with Crippen LogP contribution >= 0.6 is 0 Å². The molecule has 2 aromatic carbocycles. The lowest BCUT2D eigenvalue weighted by atomic mass is 9.73. The molecule has 6 nitrogen and oxygen atoms in total. The molecule has 1 atom stereocenters. The third-order valence-electron chi connectivity index (χ3n) is 6.21. The topological polar surface area (TPSA) is 67.9 Å². The van der Waals surface area contributed by atoms with Crippen LogP contribution in [0.25, 0.3) is 0 Å².